The second-order valence-corrected chi connectivity index (χ2v) is 5.84. The van der Waals surface area contributed by atoms with Gasteiger partial charge in [-0.2, -0.15) is 5.10 Å². The molecule has 3 N–H and O–H groups in total. The quantitative estimate of drug-likeness (QED) is 0.859. The fraction of sp³-hybridized carbons (Fsp3) is 0.375. The van der Waals surface area contributed by atoms with Gasteiger partial charge in [0, 0.05) is 23.3 Å². The summed E-state index contributed by atoms with van der Waals surface area (Å²) in [6.07, 6.45) is 4.86. The number of benzene rings is 1. The van der Waals surface area contributed by atoms with Gasteiger partial charge in [0.2, 0.25) is 0 Å². The highest BCUT2D eigenvalue weighted by Gasteiger charge is 2.21. The summed E-state index contributed by atoms with van der Waals surface area (Å²) in [4.78, 5) is 12.2. The van der Waals surface area contributed by atoms with E-state index < -0.39 is 0 Å². The summed E-state index contributed by atoms with van der Waals surface area (Å²) < 4.78 is 1.64. The van der Waals surface area contributed by atoms with Crippen molar-refractivity contribution in [3.05, 3.63) is 47.2 Å². The summed E-state index contributed by atoms with van der Waals surface area (Å²) in [5.74, 6) is -0.170. The molecule has 1 amide bonds. The summed E-state index contributed by atoms with van der Waals surface area (Å²) in [5.41, 5.74) is 7.18. The molecule has 0 radical (unpaired) electrons. The number of nitrogens with zero attached hydrogens (tertiary/aromatic N) is 2. The topological polar surface area (TPSA) is 72.9 Å². The number of carbonyl (C=O) groups is 1. The third kappa shape index (κ3) is 3.87. The largest absolute Gasteiger partial charge is 0.350 e. The first kappa shape index (κ1) is 16.5. The van der Waals surface area contributed by atoms with Gasteiger partial charge >= 0.3 is 0 Å². The number of amides is 1. The minimum atomic E-state index is -0.359. The van der Waals surface area contributed by atoms with Gasteiger partial charge in [0.05, 0.1) is 17.4 Å². The van der Waals surface area contributed by atoms with Gasteiger partial charge in [0.25, 0.3) is 5.91 Å². The fourth-order valence-electron chi connectivity index (χ4n) is 2.03. The van der Waals surface area contributed by atoms with Gasteiger partial charge in [-0.1, -0.05) is 25.4 Å². The van der Waals surface area contributed by atoms with Crippen molar-refractivity contribution in [1.82, 2.24) is 15.1 Å². The molecule has 2 rings (SSSR count). The van der Waals surface area contributed by atoms with Gasteiger partial charge in [-0.05, 0) is 37.1 Å². The van der Waals surface area contributed by atoms with Crippen molar-refractivity contribution in [2.24, 2.45) is 5.73 Å². The molecule has 0 aliphatic heterocycles. The Balaban J connectivity index is 2.05. The molecule has 2 aromatic rings. The second-order valence-electron chi connectivity index (χ2n) is 5.40. The molecular formula is C16H21ClN4O. The van der Waals surface area contributed by atoms with Gasteiger partial charge < -0.3 is 11.1 Å². The number of halogens is 1. The summed E-state index contributed by atoms with van der Waals surface area (Å²) in [6.45, 7) is 4.49. The van der Waals surface area contributed by atoms with E-state index in [-0.39, 0.29) is 11.4 Å². The van der Waals surface area contributed by atoms with Crippen molar-refractivity contribution < 1.29 is 4.79 Å². The van der Waals surface area contributed by atoms with Gasteiger partial charge in [-0.3, -0.25) is 4.79 Å². The minimum Gasteiger partial charge on any atom is -0.350 e. The summed E-state index contributed by atoms with van der Waals surface area (Å²) in [5, 5.41) is 7.74. The monoisotopic (exact) mass is 320 g/mol. The van der Waals surface area contributed by atoms with Gasteiger partial charge in [-0.25, -0.2) is 4.68 Å². The molecular weight excluding hydrogens is 300 g/mol. The number of nitrogens with two attached hydrogens (primary N) is 1. The molecule has 6 heteroatoms. The predicted octanol–water partition coefficient (Wildman–Crippen LogP) is 2.77. The maximum Gasteiger partial charge on any atom is 0.254 e. The molecule has 1 aromatic carbocycles. The molecule has 0 bridgehead atoms. The first-order valence-electron chi connectivity index (χ1n) is 7.35. The molecule has 1 aromatic heterocycles. The van der Waals surface area contributed by atoms with E-state index in [1.807, 2.05) is 26.0 Å². The summed E-state index contributed by atoms with van der Waals surface area (Å²) in [7, 11) is 0. The van der Waals surface area contributed by atoms with Crippen LogP contribution < -0.4 is 11.1 Å². The first-order chi connectivity index (χ1) is 10.5. The average molecular weight is 321 g/mol. The lowest BCUT2D eigenvalue weighted by Crippen LogP contribution is -2.49. The molecule has 5 nitrogen and oxygen atoms in total. The van der Waals surface area contributed by atoms with E-state index in [0.717, 1.165) is 18.5 Å². The van der Waals surface area contributed by atoms with Crippen molar-refractivity contribution in [3.63, 3.8) is 0 Å². The highest BCUT2D eigenvalue weighted by Crippen LogP contribution is 2.14. The van der Waals surface area contributed by atoms with Crippen LogP contribution in [0.4, 0.5) is 0 Å². The van der Waals surface area contributed by atoms with Crippen LogP contribution in [-0.2, 0) is 0 Å². The van der Waals surface area contributed by atoms with Crippen LogP contribution in [0.15, 0.2) is 36.7 Å². The van der Waals surface area contributed by atoms with Crippen LogP contribution in [0.1, 0.15) is 37.0 Å². The zero-order valence-electron chi connectivity index (χ0n) is 12.8. The third-order valence-corrected chi connectivity index (χ3v) is 4.20. The molecule has 0 saturated carbocycles. The standard InChI is InChI=1S/C16H21ClN4O/c1-3-16(18,4-2)11-19-15(22)12-9-20-21(10-12)14-7-5-13(17)6-8-14/h5-10H,3-4,11,18H2,1-2H3,(H,19,22). The number of hydrogen-bond donors (Lipinski definition) is 2. The lowest BCUT2D eigenvalue weighted by Gasteiger charge is -2.26. The van der Waals surface area contributed by atoms with Crippen LogP contribution in [-0.4, -0.2) is 27.8 Å². The molecule has 0 aliphatic carbocycles. The Labute approximate surface area is 135 Å². The highest BCUT2D eigenvalue weighted by atomic mass is 35.5. The average Bonchev–Trinajstić information content (AvgIpc) is 3.03. The lowest BCUT2D eigenvalue weighted by atomic mass is 9.94. The van der Waals surface area contributed by atoms with Crippen LogP contribution in [0.5, 0.6) is 0 Å². The van der Waals surface area contributed by atoms with Crippen LogP contribution in [0.2, 0.25) is 5.02 Å². The van der Waals surface area contributed by atoms with Crippen molar-refractivity contribution in [1.29, 1.82) is 0 Å². The Morgan fingerprint density at radius 1 is 1.32 bits per heavy atom. The summed E-state index contributed by atoms with van der Waals surface area (Å²) >= 11 is 5.86. The van der Waals surface area contributed by atoms with Crippen molar-refractivity contribution in [2.45, 2.75) is 32.2 Å². The number of hydrogen-bond acceptors (Lipinski definition) is 3. The van der Waals surface area contributed by atoms with Crippen molar-refractivity contribution in [3.8, 4) is 5.69 Å². The smallest absolute Gasteiger partial charge is 0.254 e. The second kappa shape index (κ2) is 6.94. The molecule has 0 unspecified atom stereocenters. The maximum atomic E-state index is 12.2. The zero-order valence-corrected chi connectivity index (χ0v) is 13.6. The van der Waals surface area contributed by atoms with Gasteiger partial charge in [-0.15, -0.1) is 0 Å². The Morgan fingerprint density at radius 3 is 2.55 bits per heavy atom. The molecule has 0 spiro atoms. The number of aromatic nitrogens is 2. The van der Waals surface area contributed by atoms with E-state index in [0.29, 0.717) is 17.1 Å². The molecule has 0 aliphatic rings. The lowest BCUT2D eigenvalue weighted by molar-refractivity contribution is 0.0942. The normalized spacial score (nSPS) is 11.5. The Kier molecular flexibility index (Phi) is 5.21. The zero-order chi connectivity index (χ0) is 16.2. The van der Waals surface area contributed by atoms with E-state index in [2.05, 4.69) is 10.4 Å². The minimum absolute atomic E-state index is 0.170. The van der Waals surface area contributed by atoms with Gasteiger partial charge in [0.1, 0.15) is 0 Å². The highest BCUT2D eigenvalue weighted by molar-refractivity contribution is 6.30. The molecule has 22 heavy (non-hydrogen) atoms. The first-order valence-corrected chi connectivity index (χ1v) is 7.73. The maximum absolute atomic E-state index is 12.2. The SMILES string of the molecule is CCC(N)(CC)CNC(=O)c1cnn(-c2ccc(Cl)cc2)c1. The molecule has 1 heterocycles. The van der Waals surface area contributed by atoms with Crippen LogP contribution in [0, 0.1) is 0 Å². The fourth-order valence-corrected chi connectivity index (χ4v) is 2.16. The molecule has 0 saturated heterocycles. The Morgan fingerprint density at radius 2 is 1.95 bits per heavy atom. The number of nitrogens with one attached hydrogen (secondary N) is 1. The van der Waals surface area contributed by atoms with E-state index in [1.165, 1.54) is 0 Å². The van der Waals surface area contributed by atoms with Crippen molar-refractivity contribution >= 4 is 17.5 Å². The molecule has 0 atom stereocenters. The van der Waals surface area contributed by atoms with Crippen molar-refractivity contribution in [2.75, 3.05) is 6.54 Å². The molecule has 118 valence electrons. The third-order valence-electron chi connectivity index (χ3n) is 3.95. The van der Waals surface area contributed by atoms with E-state index in [4.69, 9.17) is 17.3 Å². The molecule has 0 fully saturated rings. The van der Waals surface area contributed by atoms with Crippen LogP contribution >= 0.6 is 11.6 Å². The van der Waals surface area contributed by atoms with E-state index >= 15 is 0 Å². The van der Waals surface area contributed by atoms with E-state index in [9.17, 15) is 4.79 Å². The van der Waals surface area contributed by atoms with Gasteiger partial charge in [0.15, 0.2) is 0 Å². The number of carbonyl (C=O) groups excluding carboxylic acids is 1. The van der Waals surface area contributed by atoms with E-state index in [1.54, 1.807) is 29.2 Å². The number of rotatable bonds is 6. The predicted molar refractivity (Wildman–Crippen MR) is 88.4 cm³/mol. The van der Waals surface area contributed by atoms with Crippen LogP contribution in [0.3, 0.4) is 0 Å². The Bertz CT molecular complexity index is 632. The summed E-state index contributed by atoms with van der Waals surface area (Å²) in [6, 6.07) is 7.25. The van der Waals surface area contributed by atoms with Crippen LogP contribution in [0.25, 0.3) is 5.69 Å². The Hall–Kier alpha value is -1.85.